The maximum atomic E-state index is 4.58. The lowest BCUT2D eigenvalue weighted by Gasteiger charge is -2.35. The number of hydrogen-bond acceptors (Lipinski definition) is 6. The van der Waals surface area contributed by atoms with Crippen molar-refractivity contribution in [2.24, 2.45) is 0 Å². The average molecular weight is 313 g/mol. The van der Waals surface area contributed by atoms with Crippen LogP contribution in [0, 0.1) is 0 Å². The van der Waals surface area contributed by atoms with Gasteiger partial charge in [-0.1, -0.05) is 0 Å². The molecule has 6 heteroatoms. The molecule has 0 spiro atoms. The number of rotatable bonds is 2. The third-order valence-electron chi connectivity index (χ3n) is 4.58. The van der Waals surface area contributed by atoms with Crippen LogP contribution in [-0.2, 0) is 0 Å². The van der Waals surface area contributed by atoms with Crippen molar-refractivity contribution in [3.63, 3.8) is 0 Å². The summed E-state index contributed by atoms with van der Waals surface area (Å²) >= 11 is 1.69. The van der Waals surface area contributed by atoms with E-state index in [0.717, 1.165) is 39.3 Å². The molecule has 1 aliphatic heterocycles. The van der Waals surface area contributed by atoms with Gasteiger partial charge in [-0.15, -0.1) is 11.3 Å². The van der Waals surface area contributed by atoms with Crippen LogP contribution in [0.4, 0.5) is 5.82 Å². The molecule has 0 unspecified atom stereocenters. The second kappa shape index (κ2) is 5.44. The Morgan fingerprint density at radius 2 is 2.05 bits per heavy atom. The molecule has 3 aromatic heterocycles. The summed E-state index contributed by atoms with van der Waals surface area (Å²) in [6, 6.07) is 4.61. The van der Waals surface area contributed by atoms with Crippen LogP contribution < -0.4 is 4.90 Å². The molecule has 0 aliphatic carbocycles. The predicted molar refractivity (Wildman–Crippen MR) is 91.6 cm³/mol. The molecule has 0 atom stereocenters. The van der Waals surface area contributed by atoms with Gasteiger partial charge in [-0.25, -0.2) is 15.0 Å². The zero-order valence-electron chi connectivity index (χ0n) is 12.9. The van der Waals surface area contributed by atoms with Crippen molar-refractivity contribution in [2.75, 3.05) is 32.1 Å². The van der Waals surface area contributed by atoms with Gasteiger partial charge in [-0.3, -0.25) is 0 Å². The molecule has 0 amide bonds. The number of pyridine rings is 1. The van der Waals surface area contributed by atoms with Crippen molar-refractivity contribution in [1.29, 1.82) is 0 Å². The minimum atomic E-state index is 0.549. The van der Waals surface area contributed by atoms with Gasteiger partial charge in [-0.05, 0) is 45.1 Å². The molecule has 0 aromatic carbocycles. The second-order valence-electron chi connectivity index (χ2n) is 5.98. The van der Waals surface area contributed by atoms with Crippen molar-refractivity contribution in [1.82, 2.24) is 19.9 Å². The zero-order chi connectivity index (χ0) is 15.1. The number of anilines is 1. The lowest BCUT2D eigenvalue weighted by molar-refractivity contribution is 0.252. The molecule has 3 aromatic rings. The Morgan fingerprint density at radius 1 is 1.23 bits per heavy atom. The van der Waals surface area contributed by atoms with Crippen LogP contribution in [0.5, 0.6) is 0 Å². The molecule has 4 rings (SSSR count). The number of aromatic nitrogens is 3. The maximum absolute atomic E-state index is 4.58. The van der Waals surface area contributed by atoms with Crippen LogP contribution >= 0.6 is 11.3 Å². The summed E-state index contributed by atoms with van der Waals surface area (Å²) in [4.78, 5) is 19.3. The van der Waals surface area contributed by atoms with Gasteiger partial charge in [-0.2, -0.15) is 0 Å². The Bertz CT molecular complexity index is 807. The SMILES string of the molecule is CN1CCC(N(C)c2ncnc3c2sc2ncccc23)CC1. The van der Waals surface area contributed by atoms with E-state index in [1.807, 2.05) is 12.3 Å². The molecular formula is C16H19N5S. The monoisotopic (exact) mass is 313 g/mol. The topological polar surface area (TPSA) is 45.2 Å². The van der Waals surface area contributed by atoms with Gasteiger partial charge in [0, 0.05) is 24.7 Å². The highest BCUT2D eigenvalue weighted by Crippen LogP contribution is 2.36. The van der Waals surface area contributed by atoms with E-state index in [9.17, 15) is 0 Å². The van der Waals surface area contributed by atoms with Gasteiger partial charge in [0.2, 0.25) is 0 Å². The molecular weight excluding hydrogens is 294 g/mol. The number of nitrogens with zero attached hydrogens (tertiary/aromatic N) is 5. The molecule has 0 N–H and O–H groups in total. The van der Waals surface area contributed by atoms with Gasteiger partial charge in [0.1, 0.15) is 17.0 Å². The lowest BCUT2D eigenvalue weighted by atomic mass is 10.0. The van der Waals surface area contributed by atoms with Crippen LogP contribution in [0.1, 0.15) is 12.8 Å². The first-order chi connectivity index (χ1) is 10.7. The first-order valence-corrected chi connectivity index (χ1v) is 8.45. The average Bonchev–Trinajstić information content (AvgIpc) is 2.93. The summed E-state index contributed by atoms with van der Waals surface area (Å²) in [5.74, 6) is 1.04. The van der Waals surface area contributed by atoms with Crippen molar-refractivity contribution in [3.05, 3.63) is 24.7 Å². The van der Waals surface area contributed by atoms with E-state index in [-0.39, 0.29) is 0 Å². The van der Waals surface area contributed by atoms with Crippen molar-refractivity contribution in [3.8, 4) is 0 Å². The zero-order valence-corrected chi connectivity index (χ0v) is 13.7. The quantitative estimate of drug-likeness (QED) is 0.728. The van der Waals surface area contributed by atoms with E-state index >= 15 is 0 Å². The maximum Gasteiger partial charge on any atom is 0.150 e. The van der Waals surface area contributed by atoms with Crippen molar-refractivity contribution >= 4 is 37.6 Å². The van der Waals surface area contributed by atoms with Gasteiger partial charge in [0.15, 0.2) is 0 Å². The van der Waals surface area contributed by atoms with Crippen LogP contribution in [0.15, 0.2) is 24.7 Å². The van der Waals surface area contributed by atoms with Gasteiger partial charge < -0.3 is 9.80 Å². The highest BCUT2D eigenvalue weighted by atomic mass is 32.1. The second-order valence-corrected chi connectivity index (χ2v) is 6.98. The largest absolute Gasteiger partial charge is 0.355 e. The van der Waals surface area contributed by atoms with E-state index in [0.29, 0.717) is 6.04 Å². The smallest absolute Gasteiger partial charge is 0.150 e. The summed E-state index contributed by atoms with van der Waals surface area (Å²) in [6.07, 6.45) is 5.89. The number of thiophene rings is 1. The standard InChI is InChI=1S/C16H19N5S/c1-20-8-5-11(6-9-20)21(2)15-14-13(18-10-19-15)12-4-3-7-17-16(12)22-14/h3-4,7,10-11H,5-6,8-9H2,1-2H3. The summed E-state index contributed by atoms with van der Waals surface area (Å²) in [5.41, 5.74) is 1.03. The molecule has 4 heterocycles. The van der Waals surface area contributed by atoms with Gasteiger partial charge in [0.25, 0.3) is 0 Å². The third-order valence-corrected chi connectivity index (χ3v) is 5.68. The molecule has 5 nitrogen and oxygen atoms in total. The molecule has 114 valence electrons. The molecule has 0 bridgehead atoms. The van der Waals surface area contributed by atoms with Gasteiger partial charge in [0.05, 0.1) is 10.2 Å². The summed E-state index contributed by atoms with van der Waals surface area (Å²) in [6.45, 7) is 2.30. The predicted octanol–water partition coefficient (Wildman–Crippen LogP) is 2.77. The lowest BCUT2D eigenvalue weighted by Crippen LogP contribution is -2.42. The number of likely N-dealkylation sites (tertiary alicyclic amines) is 1. The fraction of sp³-hybridized carbons (Fsp3) is 0.438. The minimum absolute atomic E-state index is 0.549. The summed E-state index contributed by atoms with van der Waals surface area (Å²) < 4.78 is 1.15. The Kier molecular flexibility index (Phi) is 3.43. The Morgan fingerprint density at radius 3 is 2.86 bits per heavy atom. The van der Waals surface area contributed by atoms with Crippen molar-refractivity contribution in [2.45, 2.75) is 18.9 Å². The molecule has 0 radical (unpaired) electrons. The van der Waals surface area contributed by atoms with E-state index < -0.39 is 0 Å². The van der Waals surface area contributed by atoms with Crippen molar-refractivity contribution < 1.29 is 0 Å². The van der Waals surface area contributed by atoms with E-state index in [1.54, 1.807) is 17.7 Å². The summed E-state index contributed by atoms with van der Waals surface area (Å²) in [7, 11) is 4.35. The normalized spacial score (nSPS) is 17.4. The Hall–Kier alpha value is -1.79. The Balaban J connectivity index is 1.78. The van der Waals surface area contributed by atoms with Crippen LogP contribution in [-0.4, -0.2) is 53.1 Å². The third kappa shape index (κ3) is 2.23. The number of fused-ring (bicyclic) bond motifs is 3. The van der Waals surface area contributed by atoms with Crippen LogP contribution in [0.3, 0.4) is 0 Å². The van der Waals surface area contributed by atoms with E-state index in [1.165, 1.54) is 12.8 Å². The molecule has 1 saturated heterocycles. The van der Waals surface area contributed by atoms with Gasteiger partial charge >= 0.3 is 0 Å². The molecule has 0 saturated carbocycles. The highest BCUT2D eigenvalue weighted by molar-refractivity contribution is 7.25. The first kappa shape index (κ1) is 13.8. The molecule has 22 heavy (non-hydrogen) atoms. The van der Waals surface area contributed by atoms with Crippen LogP contribution in [0.2, 0.25) is 0 Å². The molecule has 1 aliphatic rings. The van der Waals surface area contributed by atoms with E-state index in [2.05, 4.69) is 44.9 Å². The first-order valence-electron chi connectivity index (χ1n) is 7.63. The number of piperidine rings is 1. The highest BCUT2D eigenvalue weighted by Gasteiger charge is 2.24. The fourth-order valence-corrected chi connectivity index (χ4v) is 4.33. The number of hydrogen-bond donors (Lipinski definition) is 0. The fourth-order valence-electron chi connectivity index (χ4n) is 3.21. The Labute approximate surface area is 133 Å². The summed E-state index contributed by atoms with van der Waals surface area (Å²) in [5, 5.41) is 1.13. The minimum Gasteiger partial charge on any atom is -0.355 e. The van der Waals surface area contributed by atoms with E-state index in [4.69, 9.17) is 0 Å². The van der Waals surface area contributed by atoms with Crippen LogP contribution in [0.25, 0.3) is 20.4 Å². The molecule has 1 fully saturated rings.